The summed E-state index contributed by atoms with van der Waals surface area (Å²) in [6.07, 6.45) is 7.15. The number of nitrogens with zero attached hydrogens (tertiary/aromatic N) is 5. The Morgan fingerprint density at radius 1 is 1.10 bits per heavy atom. The van der Waals surface area contributed by atoms with Crippen LogP contribution in [0.2, 0.25) is 0 Å². The summed E-state index contributed by atoms with van der Waals surface area (Å²) in [5, 5.41) is 2.83. The van der Waals surface area contributed by atoms with E-state index in [1.54, 1.807) is 54.8 Å². The summed E-state index contributed by atoms with van der Waals surface area (Å²) in [7, 11) is 1.60. The molecular weight excluding hydrogens is 368 g/mol. The minimum Gasteiger partial charge on any atom is -0.497 e. The van der Waals surface area contributed by atoms with Crippen LogP contribution < -0.4 is 15.0 Å². The van der Waals surface area contributed by atoms with Crippen LogP contribution in [0, 0.1) is 5.92 Å². The van der Waals surface area contributed by atoms with Gasteiger partial charge >= 0.3 is 0 Å². The van der Waals surface area contributed by atoms with Gasteiger partial charge in [0.05, 0.1) is 7.11 Å². The lowest BCUT2D eigenvalue weighted by molar-refractivity contribution is 0.102. The van der Waals surface area contributed by atoms with E-state index in [9.17, 15) is 4.79 Å². The van der Waals surface area contributed by atoms with E-state index in [2.05, 4.69) is 32.1 Å². The monoisotopic (exact) mass is 392 g/mol. The first-order chi connectivity index (χ1) is 14.1. The number of methoxy groups -OCH3 is 1. The van der Waals surface area contributed by atoms with Crippen molar-refractivity contribution in [2.75, 3.05) is 30.4 Å². The molecule has 1 aromatic carbocycles. The van der Waals surface area contributed by atoms with Crippen molar-refractivity contribution in [3.05, 3.63) is 54.9 Å². The molecule has 1 saturated heterocycles. The Hall–Kier alpha value is -3.42. The number of rotatable bonds is 5. The molecule has 0 spiro atoms. The predicted octanol–water partition coefficient (Wildman–Crippen LogP) is 3.16. The van der Waals surface area contributed by atoms with Gasteiger partial charge in [0.15, 0.2) is 0 Å². The van der Waals surface area contributed by atoms with Crippen LogP contribution >= 0.6 is 0 Å². The van der Waals surface area contributed by atoms with E-state index in [1.807, 2.05) is 6.07 Å². The van der Waals surface area contributed by atoms with E-state index in [1.165, 1.54) is 12.8 Å². The van der Waals surface area contributed by atoms with Crippen molar-refractivity contribution in [2.45, 2.75) is 19.8 Å². The Morgan fingerprint density at radius 3 is 2.55 bits per heavy atom. The highest BCUT2D eigenvalue weighted by atomic mass is 16.5. The molecule has 0 atom stereocenters. The number of amides is 1. The van der Waals surface area contributed by atoms with Gasteiger partial charge in [-0.15, -0.1) is 0 Å². The molecule has 1 N–H and O–H groups in total. The third kappa shape index (κ3) is 4.37. The maximum atomic E-state index is 12.5. The fourth-order valence-electron chi connectivity index (χ4n) is 3.32. The summed E-state index contributed by atoms with van der Waals surface area (Å²) in [5.74, 6) is 2.79. The lowest BCUT2D eigenvalue weighted by Gasteiger charge is -2.31. The Bertz CT molecular complexity index is 977. The summed E-state index contributed by atoms with van der Waals surface area (Å²) in [4.78, 5) is 27.8. The maximum absolute atomic E-state index is 12.5. The highest BCUT2D eigenvalue weighted by Crippen LogP contribution is 2.22. The first-order valence-corrected chi connectivity index (χ1v) is 9.69. The first-order valence-electron chi connectivity index (χ1n) is 9.69. The van der Waals surface area contributed by atoms with Gasteiger partial charge in [-0.05, 0) is 43.0 Å². The van der Waals surface area contributed by atoms with Crippen LogP contribution in [0.3, 0.4) is 0 Å². The number of hydrogen-bond donors (Lipinski definition) is 1. The van der Waals surface area contributed by atoms with E-state index < -0.39 is 0 Å². The van der Waals surface area contributed by atoms with Gasteiger partial charge in [-0.3, -0.25) is 9.36 Å². The molecule has 3 heterocycles. The molecule has 29 heavy (non-hydrogen) atoms. The number of ether oxygens (including phenoxy) is 1. The van der Waals surface area contributed by atoms with Crippen LogP contribution in [0.1, 0.15) is 30.3 Å². The van der Waals surface area contributed by atoms with Crippen LogP contribution in [0.15, 0.2) is 49.2 Å². The van der Waals surface area contributed by atoms with Crippen molar-refractivity contribution in [1.82, 2.24) is 19.5 Å². The molecule has 0 bridgehead atoms. The largest absolute Gasteiger partial charge is 0.497 e. The molecule has 2 aromatic heterocycles. The zero-order valence-electron chi connectivity index (χ0n) is 16.6. The zero-order chi connectivity index (χ0) is 20.2. The van der Waals surface area contributed by atoms with Crippen molar-refractivity contribution in [2.24, 2.45) is 5.92 Å². The van der Waals surface area contributed by atoms with Gasteiger partial charge in [0.1, 0.15) is 35.7 Å². The third-order valence-corrected chi connectivity index (χ3v) is 5.17. The van der Waals surface area contributed by atoms with Crippen molar-refractivity contribution in [1.29, 1.82) is 0 Å². The van der Waals surface area contributed by atoms with E-state index in [0.29, 0.717) is 17.2 Å². The standard InChI is InChI=1S/C21H24N6O2/c1-15-7-9-26(10-8-15)19-11-20(23-13-22-19)27-12-18(24-14-27)21(28)25-16-3-5-17(29-2)6-4-16/h3-6,11-15H,7-10H2,1-2H3,(H,25,28). The van der Waals surface area contributed by atoms with Gasteiger partial charge in [-0.25, -0.2) is 15.0 Å². The van der Waals surface area contributed by atoms with Crippen LogP contribution in [-0.2, 0) is 0 Å². The lowest BCUT2D eigenvalue weighted by Crippen LogP contribution is -2.33. The van der Waals surface area contributed by atoms with E-state index in [0.717, 1.165) is 30.6 Å². The second-order valence-electron chi connectivity index (χ2n) is 7.25. The Balaban J connectivity index is 1.47. The summed E-state index contributed by atoms with van der Waals surface area (Å²) in [5.41, 5.74) is 0.988. The number of anilines is 2. The number of benzene rings is 1. The van der Waals surface area contributed by atoms with Crippen LogP contribution in [0.25, 0.3) is 5.82 Å². The Kier molecular flexibility index (Phi) is 5.41. The van der Waals surface area contributed by atoms with Gasteiger partial charge in [0.25, 0.3) is 5.91 Å². The number of carbonyl (C=O) groups is 1. The van der Waals surface area contributed by atoms with Crippen LogP contribution in [0.5, 0.6) is 5.75 Å². The second kappa shape index (κ2) is 8.30. The zero-order valence-corrected chi connectivity index (χ0v) is 16.6. The number of piperidine rings is 1. The van der Waals surface area contributed by atoms with Crippen molar-refractivity contribution >= 4 is 17.4 Å². The highest BCUT2D eigenvalue weighted by molar-refractivity contribution is 6.02. The molecule has 0 unspecified atom stereocenters. The molecule has 1 aliphatic rings. The SMILES string of the molecule is COc1ccc(NC(=O)c2cn(-c3cc(N4CCC(C)CC4)ncn3)cn2)cc1. The average molecular weight is 392 g/mol. The number of carbonyl (C=O) groups excluding carboxylic acids is 1. The van der Waals surface area contributed by atoms with Gasteiger partial charge < -0.3 is 15.0 Å². The molecule has 0 saturated carbocycles. The highest BCUT2D eigenvalue weighted by Gasteiger charge is 2.18. The van der Waals surface area contributed by atoms with Crippen molar-refractivity contribution in [3.8, 4) is 11.6 Å². The molecular formula is C21H24N6O2. The predicted molar refractivity (Wildman–Crippen MR) is 111 cm³/mol. The minimum absolute atomic E-state index is 0.284. The number of hydrogen-bond acceptors (Lipinski definition) is 6. The molecule has 4 rings (SSSR count). The van der Waals surface area contributed by atoms with Gasteiger partial charge in [-0.2, -0.15) is 0 Å². The minimum atomic E-state index is -0.284. The summed E-state index contributed by atoms with van der Waals surface area (Å²) < 4.78 is 6.86. The molecule has 150 valence electrons. The Morgan fingerprint density at radius 2 is 1.83 bits per heavy atom. The van der Waals surface area contributed by atoms with Gasteiger partial charge in [0, 0.05) is 31.0 Å². The van der Waals surface area contributed by atoms with Crippen LogP contribution in [0.4, 0.5) is 11.5 Å². The molecule has 1 amide bonds. The lowest BCUT2D eigenvalue weighted by atomic mass is 9.99. The van der Waals surface area contributed by atoms with Crippen molar-refractivity contribution < 1.29 is 9.53 Å². The van der Waals surface area contributed by atoms with E-state index in [-0.39, 0.29) is 5.91 Å². The number of aromatic nitrogens is 4. The van der Waals surface area contributed by atoms with Crippen LogP contribution in [-0.4, -0.2) is 45.6 Å². The van der Waals surface area contributed by atoms with Gasteiger partial charge in [0.2, 0.25) is 0 Å². The van der Waals surface area contributed by atoms with Gasteiger partial charge in [-0.1, -0.05) is 6.92 Å². The fourth-order valence-corrected chi connectivity index (χ4v) is 3.32. The number of imidazole rings is 1. The summed E-state index contributed by atoms with van der Waals surface area (Å²) >= 11 is 0. The maximum Gasteiger partial charge on any atom is 0.275 e. The summed E-state index contributed by atoms with van der Waals surface area (Å²) in [6, 6.07) is 9.08. The molecule has 0 radical (unpaired) electrons. The molecule has 0 aliphatic carbocycles. The topological polar surface area (TPSA) is 85.2 Å². The average Bonchev–Trinajstić information content (AvgIpc) is 3.25. The van der Waals surface area contributed by atoms with Crippen molar-refractivity contribution in [3.63, 3.8) is 0 Å². The smallest absolute Gasteiger partial charge is 0.275 e. The Labute approximate surface area is 169 Å². The molecule has 1 aliphatic heterocycles. The summed E-state index contributed by atoms with van der Waals surface area (Å²) in [6.45, 7) is 4.28. The molecule has 8 heteroatoms. The normalized spacial score (nSPS) is 14.6. The number of nitrogens with one attached hydrogen (secondary N) is 1. The third-order valence-electron chi connectivity index (χ3n) is 5.17. The first kappa shape index (κ1) is 18.9. The van der Waals surface area contributed by atoms with E-state index >= 15 is 0 Å². The fraction of sp³-hybridized carbons (Fsp3) is 0.333. The van der Waals surface area contributed by atoms with E-state index in [4.69, 9.17) is 4.74 Å². The molecule has 1 fully saturated rings. The molecule has 3 aromatic rings. The molecule has 8 nitrogen and oxygen atoms in total. The second-order valence-corrected chi connectivity index (χ2v) is 7.25. The quantitative estimate of drug-likeness (QED) is 0.718.